The lowest BCUT2D eigenvalue weighted by atomic mass is 10.1. The predicted octanol–water partition coefficient (Wildman–Crippen LogP) is 8.20. The van der Waals surface area contributed by atoms with Crippen LogP contribution in [0.15, 0.2) is 133 Å². The summed E-state index contributed by atoms with van der Waals surface area (Å²) in [6.07, 6.45) is 5.05. The summed E-state index contributed by atoms with van der Waals surface area (Å²) in [5.74, 6) is -0.0901. The van der Waals surface area contributed by atoms with Crippen molar-refractivity contribution in [1.82, 2.24) is 0 Å². The van der Waals surface area contributed by atoms with E-state index in [9.17, 15) is 19.2 Å². The van der Waals surface area contributed by atoms with Crippen LogP contribution in [0.3, 0.4) is 0 Å². The lowest BCUT2D eigenvalue weighted by Gasteiger charge is -2.09. The normalized spacial score (nSPS) is 11.2. The van der Waals surface area contributed by atoms with E-state index in [0.717, 1.165) is 23.3 Å². The van der Waals surface area contributed by atoms with Gasteiger partial charge in [-0.15, -0.1) is 0 Å². The van der Waals surface area contributed by atoms with E-state index in [1.807, 2.05) is 38.1 Å². The third-order valence-corrected chi connectivity index (χ3v) is 8.14. The van der Waals surface area contributed by atoms with Crippen LogP contribution in [0.2, 0.25) is 0 Å². The third kappa shape index (κ3) is 14.2. The number of carbonyl (C=O) groups excluding carboxylic acids is 4. The Morgan fingerprint density at radius 1 is 0.500 bits per heavy atom. The minimum atomic E-state index is -0.438. The van der Waals surface area contributed by atoms with E-state index in [-0.39, 0.29) is 11.8 Å². The van der Waals surface area contributed by atoms with Gasteiger partial charge in [0, 0.05) is 34.7 Å². The number of hydrogen-bond donors (Lipinski definition) is 2. The molecule has 0 atom stereocenters. The van der Waals surface area contributed by atoms with Crippen LogP contribution < -0.4 is 20.1 Å². The molecule has 0 aromatic heterocycles. The molecular formula is C44H46N4O8. The van der Waals surface area contributed by atoms with Crippen molar-refractivity contribution >= 4 is 46.6 Å². The average molecular weight is 759 g/mol. The van der Waals surface area contributed by atoms with Crippen LogP contribution in [-0.4, -0.2) is 61.6 Å². The molecule has 12 nitrogen and oxygen atoms in total. The Labute approximate surface area is 326 Å². The predicted molar refractivity (Wildman–Crippen MR) is 218 cm³/mol. The van der Waals surface area contributed by atoms with E-state index in [0.29, 0.717) is 97.5 Å². The first-order chi connectivity index (χ1) is 27.1. The van der Waals surface area contributed by atoms with Crippen molar-refractivity contribution in [2.45, 2.75) is 39.5 Å². The number of amides is 2. The molecule has 0 aliphatic heterocycles. The summed E-state index contributed by atoms with van der Waals surface area (Å²) in [4.78, 5) is 47.7. The summed E-state index contributed by atoms with van der Waals surface area (Å²) < 4.78 is 21.3. The van der Waals surface area contributed by atoms with Gasteiger partial charge in [-0.25, -0.2) is 9.59 Å². The van der Waals surface area contributed by atoms with E-state index in [1.54, 1.807) is 72.8 Å². The molecule has 0 saturated heterocycles. The number of nitrogens with one attached hydrogen (secondary N) is 2. The number of esters is 2. The SMILES string of the molecule is C=CC(=O)OCCCCOc1ccc(C(=O)Nc2ccc(/C(C)=N/N=C(\C)c3ccc(NC(=O)c4ccc(OCCCCOC(=O)C=C)cc4)cc3)cc2)cc1. The molecule has 0 saturated carbocycles. The standard InChI is InChI=1S/C44H46N4O8/c1-5-41(49)55-29-9-7-27-53-39-23-15-35(16-24-39)43(51)45-37-19-11-33(12-20-37)31(3)47-48-32(4)34-13-21-38(22-14-34)46-44(52)36-17-25-40(26-18-36)54-28-8-10-30-56-42(50)6-2/h5-6,11-26H,1-2,7-10,27-30H2,3-4H3,(H,45,51)(H,46,52)/b47-31+,48-32+. The van der Waals surface area contributed by atoms with Crippen LogP contribution in [0.5, 0.6) is 11.5 Å². The quantitative estimate of drug-likeness (QED) is 0.0284. The van der Waals surface area contributed by atoms with Gasteiger partial charge in [-0.3, -0.25) is 9.59 Å². The first-order valence-corrected chi connectivity index (χ1v) is 18.1. The molecule has 56 heavy (non-hydrogen) atoms. The van der Waals surface area contributed by atoms with E-state index in [1.165, 1.54) is 0 Å². The van der Waals surface area contributed by atoms with E-state index in [2.05, 4.69) is 34.0 Å². The lowest BCUT2D eigenvalue weighted by Crippen LogP contribution is -2.12. The molecule has 4 aromatic carbocycles. The van der Waals surface area contributed by atoms with Gasteiger partial charge in [-0.05, 0) is 123 Å². The fourth-order valence-corrected chi connectivity index (χ4v) is 4.92. The number of carbonyl (C=O) groups is 4. The number of nitrogens with zero attached hydrogens (tertiary/aromatic N) is 2. The zero-order chi connectivity index (χ0) is 40.1. The largest absolute Gasteiger partial charge is 0.494 e. The highest BCUT2D eigenvalue weighted by atomic mass is 16.5. The molecule has 0 heterocycles. The number of rotatable bonds is 21. The fourth-order valence-electron chi connectivity index (χ4n) is 4.92. The molecule has 0 aliphatic carbocycles. The van der Waals surface area contributed by atoms with Gasteiger partial charge in [0.15, 0.2) is 0 Å². The molecule has 0 spiro atoms. The fraction of sp³-hybridized carbons (Fsp3) is 0.227. The topological polar surface area (TPSA) is 154 Å². The van der Waals surface area contributed by atoms with Gasteiger partial charge in [-0.1, -0.05) is 37.4 Å². The van der Waals surface area contributed by atoms with Crippen molar-refractivity contribution in [3.63, 3.8) is 0 Å². The highest BCUT2D eigenvalue weighted by molar-refractivity contribution is 6.06. The van der Waals surface area contributed by atoms with Crippen molar-refractivity contribution in [2.24, 2.45) is 10.2 Å². The van der Waals surface area contributed by atoms with Gasteiger partial charge in [0.25, 0.3) is 11.8 Å². The van der Waals surface area contributed by atoms with Crippen molar-refractivity contribution < 1.29 is 38.1 Å². The molecule has 2 amide bonds. The van der Waals surface area contributed by atoms with Crippen LogP contribution >= 0.6 is 0 Å². The average Bonchev–Trinajstić information content (AvgIpc) is 3.22. The molecule has 0 fully saturated rings. The van der Waals surface area contributed by atoms with Crippen molar-refractivity contribution in [1.29, 1.82) is 0 Å². The van der Waals surface area contributed by atoms with Gasteiger partial charge >= 0.3 is 11.9 Å². The van der Waals surface area contributed by atoms with Crippen LogP contribution in [0.25, 0.3) is 0 Å². The second-order valence-corrected chi connectivity index (χ2v) is 12.3. The zero-order valence-corrected chi connectivity index (χ0v) is 31.6. The maximum absolute atomic E-state index is 12.8. The number of ether oxygens (including phenoxy) is 4. The Hall–Kier alpha value is -6.82. The second kappa shape index (κ2) is 22.4. The highest BCUT2D eigenvalue weighted by Crippen LogP contribution is 2.18. The minimum absolute atomic E-state index is 0.250. The molecule has 2 N–H and O–H groups in total. The Bertz CT molecular complexity index is 1860. The van der Waals surface area contributed by atoms with E-state index in [4.69, 9.17) is 18.9 Å². The molecule has 0 bridgehead atoms. The Kier molecular flexibility index (Phi) is 16.8. The highest BCUT2D eigenvalue weighted by Gasteiger charge is 2.09. The molecule has 4 rings (SSSR count). The lowest BCUT2D eigenvalue weighted by molar-refractivity contribution is -0.138. The summed E-state index contributed by atoms with van der Waals surface area (Å²) in [5, 5.41) is 14.6. The summed E-state index contributed by atoms with van der Waals surface area (Å²) in [6, 6.07) is 28.4. The number of unbranched alkanes of at least 4 members (excludes halogenated alkanes) is 2. The number of anilines is 2. The van der Waals surface area contributed by atoms with Crippen LogP contribution in [0, 0.1) is 0 Å². The molecule has 4 aromatic rings. The maximum Gasteiger partial charge on any atom is 0.330 e. The number of hydrogen-bond acceptors (Lipinski definition) is 10. The molecular weight excluding hydrogens is 713 g/mol. The molecule has 0 aliphatic rings. The Balaban J connectivity index is 1.20. The van der Waals surface area contributed by atoms with E-state index < -0.39 is 11.9 Å². The van der Waals surface area contributed by atoms with Crippen molar-refractivity contribution in [3.05, 3.63) is 145 Å². The molecule has 0 radical (unpaired) electrons. The summed E-state index contributed by atoms with van der Waals surface area (Å²) in [5.41, 5.74) is 5.34. The van der Waals surface area contributed by atoms with Crippen molar-refractivity contribution in [2.75, 3.05) is 37.1 Å². The monoisotopic (exact) mass is 758 g/mol. The van der Waals surface area contributed by atoms with E-state index >= 15 is 0 Å². The number of benzene rings is 4. The minimum Gasteiger partial charge on any atom is -0.494 e. The summed E-state index contributed by atoms with van der Waals surface area (Å²) >= 11 is 0. The first kappa shape index (κ1) is 41.9. The van der Waals surface area contributed by atoms with Gasteiger partial charge in [-0.2, -0.15) is 10.2 Å². The van der Waals surface area contributed by atoms with Gasteiger partial charge < -0.3 is 29.6 Å². The van der Waals surface area contributed by atoms with Gasteiger partial charge in [0.2, 0.25) is 0 Å². The Morgan fingerprint density at radius 3 is 1.16 bits per heavy atom. The first-order valence-electron chi connectivity index (χ1n) is 18.1. The smallest absolute Gasteiger partial charge is 0.330 e. The maximum atomic E-state index is 12.8. The third-order valence-electron chi connectivity index (χ3n) is 8.14. The summed E-state index contributed by atoms with van der Waals surface area (Å²) in [7, 11) is 0. The van der Waals surface area contributed by atoms with Crippen LogP contribution in [-0.2, 0) is 19.1 Å². The molecule has 12 heteroatoms. The zero-order valence-electron chi connectivity index (χ0n) is 31.6. The summed E-state index contributed by atoms with van der Waals surface area (Å²) in [6.45, 7) is 12.0. The van der Waals surface area contributed by atoms with Crippen LogP contribution in [0.4, 0.5) is 11.4 Å². The van der Waals surface area contributed by atoms with Crippen LogP contribution in [0.1, 0.15) is 71.4 Å². The van der Waals surface area contributed by atoms with Gasteiger partial charge in [0.05, 0.1) is 37.9 Å². The Morgan fingerprint density at radius 2 is 0.821 bits per heavy atom. The molecule has 0 unspecified atom stereocenters. The van der Waals surface area contributed by atoms with Crippen molar-refractivity contribution in [3.8, 4) is 11.5 Å². The second-order valence-electron chi connectivity index (χ2n) is 12.3. The van der Waals surface area contributed by atoms with Gasteiger partial charge in [0.1, 0.15) is 11.5 Å². The molecule has 290 valence electrons.